The molecular weight excluding hydrogens is 471 g/mol. The minimum absolute atomic E-state index is 0.0442. The number of carbonyl (C=O) groups is 1. The van der Waals surface area contributed by atoms with Gasteiger partial charge in [-0.3, -0.25) is 9.69 Å². The molecule has 4 rings (SSSR count). The summed E-state index contributed by atoms with van der Waals surface area (Å²) in [5, 5.41) is 4.33. The van der Waals surface area contributed by atoms with Gasteiger partial charge in [-0.25, -0.2) is 0 Å². The number of anilines is 1. The zero-order valence-electron chi connectivity index (χ0n) is 18.7. The van der Waals surface area contributed by atoms with Crippen molar-refractivity contribution in [3.63, 3.8) is 0 Å². The average molecular weight is 500 g/mol. The van der Waals surface area contributed by atoms with Gasteiger partial charge in [0.25, 0.3) is 0 Å². The number of aryl methyl sites for hydroxylation is 1. The normalized spacial score (nSPS) is 14.9. The number of halogens is 2. The fraction of sp³-hybridized carbons (Fsp3) is 0.296. The quantitative estimate of drug-likeness (QED) is 0.343. The van der Waals surface area contributed by atoms with Crippen molar-refractivity contribution in [3.8, 4) is 0 Å². The Morgan fingerprint density at radius 1 is 0.970 bits per heavy atom. The lowest BCUT2D eigenvalue weighted by Crippen LogP contribution is -2.37. The van der Waals surface area contributed by atoms with Gasteiger partial charge in [0.15, 0.2) is 0 Å². The molecule has 1 aliphatic heterocycles. The lowest BCUT2D eigenvalue weighted by Gasteiger charge is -2.31. The molecule has 0 spiro atoms. The van der Waals surface area contributed by atoms with Crippen molar-refractivity contribution in [2.24, 2.45) is 5.92 Å². The molecule has 3 aromatic carbocycles. The van der Waals surface area contributed by atoms with Gasteiger partial charge < -0.3 is 5.32 Å². The van der Waals surface area contributed by atoms with Gasteiger partial charge in [0, 0.05) is 28.8 Å². The molecular formula is C27H28Cl2N2OS. The van der Waals surface area contributed by atoms with Crippen LogP contribution in [0.15, 0.2) is 71.6 Å². The number of hydrogen-bond acceptors (Lipinski definition) is 3. The van der Waals surface area contributed by atoms with Gasteiger partial charge in [0.2, 0.25) is 5.91 Å². The molecule has 6 heteroatoms. The zero-order valence-corrected chi connectivity index (χ0v) is 21.0. The highest BCUT2D eigenvalue weighted by Gasteiger charge is 2.25. The summed E-state index contributed by atoms with van der Waals surface area (Å²) < 4.78 is 0. The number of nitrogens with one attached hydrogen (secondary N) is 1. The first-order valence-corrected chi connectivity index (χ1v) is 13.0. The molecule has 1 fully saturated rings. The van der Waals surface area contributed by atoms with Crippen molar-refractivity contribution in [3.05, 3.63) is 93.5 Å². The molecule has 33 heavy (non-hydrogen) atoms. The maximum absolute atomic E-state index is 12.9. The summed E-state index contributed by atoms with van der Waals surface area (Å²) in [5.74, 6) is 1.08. The molecule has 3 aromatic rings. The van der Waals surface area contributed by atoms with Crippen LogP contribution in [-0.4, -0.2) is 23.9 Å². The number of benzene rings is 3. The van der Waals surface area contributed by atoms with Crippen LogP contribution in [0.4, 0.5) is 5.69 Å². The van der Waals surface area contributed by atoms with Crippen molar-refractivity contribution in [1.29, 1.82) is 0 Å². The minimum atomic E-state index is 0.0442. The summed E-state index contributed by atoms with van der Waals surface area (Å²) in [4.78, 5) is 16.5. The van der Waals surface area contributed by atoms with Gasteiger partial charge in [-0.15, -0.1) is 11.8 Å². The van der Waals surface area contributed by atoms with Crippen LogP contribution in [0.1, 0.15) is 29.5 Å². The molecule has 0 saturated carbocycles. The molecule has 0 atom stereocenters. The van der Waals surface area contributed by atoms with Crippen LogP contribution in [0.3, 0.4) is 0 Å². The second-order valence-corrected chi connectivity index (χ2v) is 10.4. The van der Waals surface area contributed by atoms with E-state index in [4.69, 9.17) is 23.2 Å². The van der Waals surface area contributed by atoms with Crippen LogP contribution in [0.25, 0.3) is 0 Å². The van der Waals surface area contributed by atoms with Gasteiger partial charge in [-0.2, -0.15) is 0 Å². The molecule has 0 aliphatic carbocycles. The highest BCUT2D eigenvalue weighted by Crippen LogP contribution is 2.27. The molecule has 3 nitrogen and oxygen atoms in total. The topological polar surface area (TPSA) is 32.3 Å². The third kappa shape index (κ3) is 6.77. The summed E-state index contributed by atoms with van der Waals surface area (Å²) in [7, 11) is 0. The van der Waals surface area contributed by atoms with E-state index in [2.05, 4.69) is 53.5 Å². The highest BCUT2D eigenvalue weighted by molar-refractivity contribution is 7.98. The Kier molecular flexibility index (Phi) is 8.37. The molecule has 1 heterocycles. The number of nitrogens with zero attached hydrogens (tertiary/aromatic N) is 1. The van der Waals surface area contributed by atoms with Gasteiger partial charge in [0.1, 0.15) is 0 Å². The lowest BCUT2D eigenvalue weighted by molar-refractivity contribution is -0.121. The predicted molar refractivity (Wildman–Crippen MR) is 140 cm³/mol. The number of hydrogen-bond donors (Lipinski definition) is 1. The van der Waals surface area contributed by atoms with E-state index in [0.29, 0.717) is 10.0 Å². The lowest BCUT2D eigenvalue weighted by atomic mass is 9.95. The van der Waals surface area contributed by atoms with Gasteiger partial charge in [-0.1, -0.05) is 59.6 Å². The van der Waals surface area contributed by atoms with Crippen molar-refractivity contribution in [1.82, 2.24) is 4.90 Å². The fourth-order valence-corrected chi connectivity index (χ4v) is 5.31. The molecule has 0 radical (unpaired) electrons. The number of piperidine rings is 1. The molecule has 0 aromatic heterocycles. The van der Waals surface area contributed by atoms with E-state index < -0.39 is 0 Å². The standard InChI is InChI=1S/C27H28Cl2N2OS/c1-19-15-21(18-33-23-5-3-2-4-6-23)8-10-26(19)30-27(32)22-11-13-31(14-12-22)17-20-7-9-24(28)25(29)16-20/h2-10,15-16,22H,11-14,17-18H2,1H3,(H,30,32). The van der Waals surface area contributed by atoms with Gasteiger partial charge in [-0.05, 0) is 79.9 Å². The van der Waals surface area contributed by atoms with Gasteiger partial charge in [0.05, 0.1) is 10.0 Å². The first kappa shape index (κ1) is 24.2. The van der Waals surface area contributed by atoms with Crippen LogP contribution < -0.4 is 5.32 Å². The Balaban J connectivity index is 1.26. The summed E-state index contributed by atoms with van der Waals surface area (Å²) in [5.41, 5.74) is 4.42. The van der Waals surface area contributed by atoms with E-state index in [1.54, 1.807) is 0 Å². The van der Waals surface area contributed by atoms with Crippen LogP contribution in [0, 0.1) is 12.8 Å². The maximum atomic E-state index is 12.9. The molecule has 1 saturated heterocycles. The summed E-state index contributed by atoms with van der Waals surface area (Å²) in [6, 6.07) is 22.5. The number of amides is 1. The highest BCUT2D eigenvalue weighted by atomic mass is 35.5. The largest absolute Gasteiger partial charge is 0.326 e. The van der Waals surface area contributed by atoms with Crippen LogP contribution >= 0.6 is 35.0 Å². The van der Waals surface area contributed by atoms with Crippen LogP contribution in [0.2, 0.25) is 10.0 Å². The summed E-state index contributed by atoms with van der Waals surface area (Å²) in [6.07, 6.45) is 1.72. The van der Waals surface area contributed by atoms with E-state index in [1.807, 2.05) is 42.1 Å². The number of thioether (sulfide) groups is 1. The Morgan fingerprint density at radius 2 is 1.70 bits per heavy atom. The van der Waals surface area contributed by atoms with Crippen molar-refractivity contribution >= 4 is 46.6 Å². The number of likely N-dealkylation sites (tertiary alicyclic amines) is 1. The smallest absolute Gasteiger partial charge is 0.227 e. The summed E-state index contributed by atoms with van der Waals surface area (Å²) >= 11 is 14.0. The Labute approximate surface area is 210 Å². The van der Waals surface area contributed by atoms with Gasteiger partial charge >= 0.3 is 0 Å². The SMILES string of the molecule is Cc1cc(CSc2ccccc2)ccc1NC(=O)C1CCN(Cc2ccc(Cl)c(Cl)c2)CC1. The first-order chi connectivity index (χ1) is 16.0. The molecule has 0 bridgehead atoms. The first-order valence-electron chi connectivity index (χ1n) is 11.2. The number of carbonyl (C=O) groups excluding carboxylic acids is 1. The average Bonchev–Trinajstić information content (AvgIpc) is 2.83. The second-order valence-electron chi connectivity index (χ2n) is 8.54. The summed E-state index contributed by atoms with van der Waals surface area (Å²) in [6.45, 7) is 4.68. The van der Waals surface area contributed by atoms with E-state index in [0.717, 1.165) is 55.0 Å². The van der Waals surface area contributed by atoms with Crippen molar-refractivity contribution in [2.75, 3.05) is 18.4 Å². The maximum Gasteiger partial charge on any atom is 0.227 e. The minimum Gasteiger partial charge on any atom is -0.326 e. The van der Waals surface area contributed by atoms with E-state index in [1.165, 1.54) is 10.5 Å². The fourth-order valence-electron chi connectivity index (χ4n) is 4.12. The van der Waals surface area contributed by atoms with E-state index >= 15 is 0 Å². The van der Waals surface area contributed by atoms with E-state index in [9.17, 15) is 4.79 Å². The Hall–Kier alpha value is -1.98. The second kappa shape index (κ2) is 11.4. The van der Waals surface area contributed by atoms with Crippen LogP contribution in [-0.2, 0) is 17.1 Å². The third-order valence-corrected chi connectivity index (χ3v) is 7.87. The van der Waals surface area contributed by atoms with Crippen molar-refractivity contribution in [2.45, 2.75) is 37.0 Å². The number of rotatable bonds is 7. The molecule has 1 N–H and O–H groups in total. The van der Waals surface area contributed by atoms with Crippen molar-refractivity contribution < 1.29 is 4.79 Å². The Bertz CT molecular complexity index is 1100. The van der Waals surface area contributed by atoms with Crippen LogP contribution in [0.5, 0.6) is 0 Å². The molecule has 0 unspecified atom stereocenters. The molecule has 1 aliphatic rings. The predicted octanol–water partition coefficient (Wildman–Crippen LogP) is 7.44. The monoisotopic (exact) mass is 498 g/mol. The molecule has 172 valence electrons. The zero-order chi connectivity index (χ0) is 23.2. The third-order valence-electron chi connectivity index (χ3n) is 6.05. The van der Waals surface area contributed by atoms with E-state index in [-0.39, 0.29) is 11.8 Å². The Morgan fingerprint density at radius 3 is 2.39 bits per heavy atom. The molecule has 1 amide bonds.